The molecular formula is C65H99N11O14. The maximum Gasteiger partial charge on any atom is 0.410 e. The molecule has 3 aliphatic heterocycles. The van der Waals surface area contributed by atoms with E-state index in [0.717, 1.165) is 18.5 Å². The predicted octanol–water partition coefficient (Wildman–Crippen LogP) is 4.63. The maximum absolute atomic E-state index is 14.3. The molecule has 90 heavy (non-hydrogen) atoms. The number of hydrogen-bond acceptors (Lipinski definition) is 15. The number of benzene rings is 2. The molecule has 498 valence electrons. The minimum absolute atomic E-state index is 0.0226. The molecule has 2 aromatic rings. The number of anilines is 1. The summed E-state index contributed by atoms with van der Waals surface area (Å²) in [5.41, 5.74) is 6.98. The fourth-order valence-corrected chi connectivity index (χ4v) is 12.3. The van der Waals surface area contributed by atoms with E-state index in [9.17, 15) is 53.1 Å². The number of nitrogens with two attached hydrogens (primary N) is 1. The van der Waals surface area contributed by atoms with Gasteiger partial charge in [-0.25, -0.2) is 9.59 Å². The molecule has 2 aromatic carbocycles. The molecule has 2 fully saturated rings. The Kier molecular flexibility index (Phi) is 28.5. The second-order valence-electron chi connectivity index (χ2n) is 24.6. The first-order chi connectivity index (χ1) is 42.8. The Bertz CT molecular complexity index is 2810. The van der Waals surface area contributed by atoms with Gasteiger partial charge in [-0.15, -0.1) is 0 Å². The lowest BCUT2D eigenvalue weighted by atomic mass is 9.86. The van der Waals surface area contributed by atoms with E-state index < -0.39 is 84.2 Å². The van der Waals surface area contributed by atoms with E-state index >= 15 is 0 Å². The molecule has 11 atom stereocenters. The fourth-order valence-electron chi connectivity index (χ4n) is 12.3. The molecule has 25 heteroatoms. The van der Waals surface area contributed by atoms with Crippen LogP contribution in [0.4, 0.5) is 15.3 Å². The number of aliphatic hydroxyl groups excluding tert-OH is 1. The van der Waals surface area contributed by atoms with Gasteiger partial charge in [-0.05, 0) is 87.5 Å². The first-order valence-electron chi connectivity index (χ1n) is 31.6. The average molecular weight is 1260 g/mol. The molecule has 3 heterocycles. The van der Waals surface area contributed by atoms with Gasteiger partial charge < -0.3 is 66.8 Å². The topological polar surface area (TPSA) is 330 Å². The van der Waals surface area contributed by atoms with E-state index in [1.165, 1.54) is 16.8 Å². The van der Waals surface area contributed by atoms with Crippen LogP contribution in [-0.2, 0) is 59.2 Å². The molecular weight excluding hydrogens is 1160 g/mol. The number of ether oxygens (including phenoxy) is 3. The number of aliphatic hydroxyl groups is 1. The SMILES string of the molecule is CC[C@@H]1C=C(CNC(=O)C(C(C)C)N(C)C(=O)OCc2ccc(NC(=O)[C@H](CCCNC(N)=O)NC(=O)CNC(=O)CCCCCN3C(=O)CC(C)(CC)C3=O)cc2)N(C)[C@@H]1[C@@H](CC(=O)N1CCC[C@H]1[C@H](OC)[C@@H](C)C(=O)N[C@H](C)[C@@H](O)c1ccccc1)OC. The van der Waals surface area contributed by atoms with Crippen molar-refractivity contribution in [2.45, 2.75) is 181 Å². The maximum atomic E-state index is 14.3. The number of carbonyl (C=O) groups is 10. The summed E-state index contributed by atoms with van der Waals surface area (Å²) in [5, 5.41) is 27.3. The predicted molar refractivity (Wildman–Crippen MR) is 337 cm³/mol. The summed E-state index contributed by atoms with van der Waals surface area (Å²) in [4.78, 5) is 137. The molecule has 9 N–H and O–H groups in total. The van der Waals surface area contributed by atoms with Crippen molar-refractivity contribution in [2.75, 3.05) is 66.4 Å². The van der Waals surface area contributed by atoms with E-state index in [4.69, 9.17) is 19.9 Å². The van der Waals surface area contributed by atoms with Gasteiger partial charge in [0.1, 0.15) is 18.7 Å². The second-order valence-corrected chi connectivity index (χ2v) is 24.6. The number of primary amides is 1. The van der Waals surface area contributed by atoms with Crippen LogP contribution < -0.4 is 37.6 Å². The van der Waals surface area contributed by atoms with Crippen molar-refractivity contribution in [3.63, 3.8) is 0 Å². The van der Waals surface area contributed by atoms with Gasteiger partial charge in [0.2, 0.25) is 47.3 Å². The van der Waals surface area contributed by atoms with E-state index in [-0.39, 0.29) is 105 Å². The summed E-state index contributed by atoms with van der Waals surface area (Å²) >= 11 is 0. The van der Waals surface area contributed by atoms with Gasteiger partial charge >= 0.3 is 12.1 Å². The number of likely N-dealkylation sites (tertiary alicyclic amines) is 2. The first-order valence-corrected chi connectivity index (χ1v) is 31.6. The van der Waals surface area contributed by atoms with Gasteiger partial charge in [-0.3, -0.25) is 48.2 Å². The van der Waals surface area contributed by atoms with Crippen LogP contribution in [0.5, 0.6) is 0 Å². The number of imide groups is 1. The standard InChI is InChI=1S/C65H99N11O14/c1-12-44-34-47(73(8)56(44)50(88-10)35-53(79)75-33-21-25-49(75)58(89-11)41(5)59(82)70-42(6)57(81)45-22-16-14-17-23-45)37-69-61(84)55(40(3)4)74(9)64(87)90-39-43-27-29-46(30-28-43)71-60(83)48(24-20-31-67-63(66)86)72-52(78)38-68-51(77)26-18-15-19-32-76-54(80)36-65(7,13-2)62(76)85/h14,16-17,22-23,27-30,34,40-42,44,48-50,55-58,81H,12-13,15,18-21,24-26,31-33,35-39H2,1-11H3,(H,68,77)(H,69,84)(H,70,82)(H,71,83)(H,72,78)(H3,66,67,86)/t41-,42-,44-,48+,49+,50-,55?,56+,57-,58-,65?/m1/s1. The smallest absolute Gasteiger partial charge is 0.410 e. The van der Waals surface area contributed by atoms with Crippen molar-refractivity contribution >= 4 is 65.1 Å². The monoisotopic (exact) mass is 1260 g/mol. The van der Waals surface area contributed by atoms with E-state index in [0.29, 0.717) is 62.0 Å². The Balaban J connectivity index is 1.08. The highest BCUT2D eigenvalue weighted by molar-refractivity contribution is 6.05. The van der Waals surface area contributed by atoms with Gasteiger partial charge in [-0.2, -0.15) is 0 Å². The van der Waals surface area contributed by atoms with Crippen molar-refractivity contribution < 1.29 is 67.3 Å². The molecule has 0 aliphatic carbocycles. The molecule has 25 nitrogen and oxygen atoms in total. The zero-order valence-corrected chi connectivity index (χ0v) is 54.5. The molecule has 0 aromatic heterocycles. The van der Waals surface area contributed by atoms with Crippen LogP contribution in [0, 0.1) is 23.2 Å². The number of likely N-dealkylation sites (N-methyl/N-ethyl adjacent to an activating group) is 2. The summed E-state index contributed by atoms with van der Waals surface area (Å²) in [6, 6.07) is 11.7. The van der Waals surface area contributed by atoms with Crippen LogP contribution in [0.1, 0.15) is 143 Å². The Labute approximate surface area is 530 Å². The van der Waals surface area contributed by atoms with E-state index in [1.54, 1.807) is 76.3 Å². The quantitative estimate of drug-likeness (QED) is 0.0345. The van der Waals surface area contributed by atoms with Crippen LogP contribution in [0.25, 0.3) is 0 Å². The number of amides is 11. The fraction of sp³-hybridized carbons (Fsp3) is 0.631. The number of nitrogens with one attached hydrogen (secondary N) is 6. The lowest BCUT2D eigenvalue weighted by molar-refractivity contribution is -0.143. The zero-order chi connectivity index (χ0) is 66.4. The van der Waals surface area contributed by atoms with Crippen LogP contribution >= 0.6 is 0 Å². The number of methoxy groups -OCH3 is 2. The van der Waals surface area contributed by atoms with Gasteiger partial charge in [0.25, 0.3) is 0 Å². The first kappa shape index (κ1) is 73.1. The lowest BCUT2D eigenvalue weighted by Crippen LogP contribution is -2.53. The molecule has 2 unspecified atom stereocenters. The van der Waals surface area contributed by atoms with E-state index in [1.807, 2.05) is 50.9 Å². The van der Waals surface area contributed by atoms with Crippen molar-refractivity contribution in [1.82, 2.24) is 46.2 Å². The molecule has 2 saturated heterocycles. The number of unbranched alkanes of at least 4 members (excludes halogenated alkanes) is 2. The van der Waals surface area contributed by atoms with Gasteiger partial charge in [0.05, 0.1) is 67.3 Å². The molecule has 3 aliphatic rings. The van der Waals surface area contributed by atoms with E-state index in [2.05, 4.69) is 44.9 Å². The summed E-state index contributed by atoms with van der Waals surface area (Å²) in [6.45, 7) is 13.4. The largest absolute Gasteiger partial charge is 0.445 e. The summed E-state index contributed by atoms with van der Waals surface area (Å²) in [7, 11) is 6.53. The van der Waals surface area contributed by atoms with Crippen molar-refractivity contribution in [1.29, 1.82) is 0 Å². The third-order valence-electron chi connectivity index (χ3n) is 17.8. The lowest BCUT2D eigenvalue weighted by Gasteiger charge is -2.37. The Morgan fingerprint density at radius 2 is 1.54 bits per heavy atom. The van der Waals surface area contributed by atoms with Crippen LogP contribution in [0.15, 0.2) is 66.4 Å². The Hall–Kier alpha value is -7.64. The summed E-state index contributed by atoms with van der Waals surface area (Å²) in [5.74, 6) is -3.70. The Morgan fingerprint density at radius 1 is 0.844 bits per heavy atom. The third-order valence-corrected chi connectivity index (χ3v) is 17.8. The summed E-state index contributed by atoms with van der Waals surface area (Å²) in [6.07, 6.45) is 4.39. The molecule has 0 radical (unpaired) electrons. The number of urea groups is 1. The van der Waals surface area contributed by atoms with Crippen LogP contribution in [-0.4, -0.2) is 188 Å². The van der Waals surface area contributed by atoms with Gasteiger partial charge in [0, 0.05) is 78.1 Å². The molecule has 0 saturated carbocycles. The third kappa shape index (κ3) is 20.2. The van der Waals surface area contributed by atoms with Crippen LogP contribution in [0.2, 0.25) is 0 Å². The van der Waals surface area contributed by atoms with Crippen molar-refractivity contribution in [2.24, 2.45) is 28.9 Å². The van der Waals surface area contributed by atoms with Crippen molar-refractivity contribution in [3.05, 3.63) is 77.5 Å². The highest BCUT2D eigenvalue weighted by Crippen LogP contribution is 2.37. The number of rotatable bonds is 35. The minimum atomic E-state index is -1.06. The zero-order valence-electron chi connectivity index (χ0n) is 54.5. The number of nitrogens with zero attached hydrogens (tertiary/aromatic N) is 4. The number of hydrogen-bond donors (Lipinski definition) is 8. The van der Waals surface area contributed by atoms with Crippen LogP contribution in [0.3, 0.4) is 0 Å². The normalized spacial score (nSPS) is 20.5. The molecule has 0 bridgehead atoms. The highest BCUT2D eigenvalue weighted by atomic mass is 16.6. The number of carbonyl (C=O) groups excluding carboxylic acids is 10. The summed E-state index contributed by atoms with van der Waals surface area (Å²) < 4.78 is 17.7. The van der Waals surface area contributed by atoms with Gasteiger partial charge in [0.15, 0.2) is 0 Å². The molecule has 11 amide bonds. The molecule has 5 rings (SSSR count). The second kappa shape index (κ2) is 35.1. The molecule has 0 spiro atoms. The minimum Gasteiger partial charge on any atom is -0.445 e. The average Bonchev–Trinajstić information content (AvgIpc) is 2.07. The highest BCUT2D eigenvalue weighted by Gasteiger charge is 2.47. The van der Waals surface area contributed by atoms with Gasteiger partial charge in [-0.1, -0.05) is 96.5 Å². The van der Waals surface area contributed by atoms with Crippen molar-refractivity contribution in [3.8, 4) is 0 Å². The Morgan fingerprint density at radius 3 is 2.17 bits per heavy atom.